The molecule has 0 bridgehead atoms. The number of rotatable bonds is 5. The van der Waals surface area contributed by atoms with Crippen LogP contribution in [-0.2, 0) is 11.2 Å². The summed E-state index contributed by atoms with van der Waals surface area (Å²) >= 11 is 0. The normalized spacial score (nSPS) is 10.3. The lowest BCUT2D eigenvalue weighted by molar-refractivity contribution is -0.118. The molecule has 3 N–H and O–H groups in total. The van der Waals surface area contributed by atoms with Crippen LogP contribution in [0.2, 0.25) is 0 Å². The molecule has 0 aliphatic rings. The zero-order valence-corrected chi connectivity index (χ0v) is 13.3. The second-order valence-corrected chi connectivity index (χ2v) is 5.38. The summed E-state index contributed by atoms with van der Waals surface area (Å²) in [6.07, 6.45) is 0.806. The predicted octanol–water partition coefficient (Wildman–Crippen LogP) is 3.47. The summed E-state index contributed by atoms with van der Waals surface area (Å²) in [6.45, 7) is 5.96. The summed E-state index contributed by atoms with van der Waals surface area (Å²) in [5, 5.41) is 2.92. The smallest absolute Gasteiger partial charge is 0.262 e. The largest absolute Gasteiger partial charge is 0.484 e. The Hall–Kier alpha value is -2.49. The van der Waals surface area contributed by atoms with E-state index in [0.717, 1.165) is 28.8 Å². The van der Waals surface area contributed by atoms with Gasteiger partial charge in [-0.25, -0.2) is 0 Å². The van der Waals surface area contributed by atoms with Gasteiger partial charge < -0.3 is 15.8 Å². The average molecular weight is 298 g/mol. The van der Waals surface area contributed by atoms with E-state index in [-0.39, 0.29) is 12.5 Å². The molecule has 0 fully saturated rings. The van der Waals surface area contributed by atoms with Crippen molar-refractivity contribution in [2.24, 2.45) is 0 Å². The maximum Gasteiger partial charge on any atom is 0.262 e. The van der Waals surface area contributed by atoms with Crippen LogP contribution in [0, 0.1) is 13.8 Å². The number of nitrogen functional groups attached to an aromatic ring is 1. The molecule has 0 aliphatic heterocycles. The van der Waals surface area contributed by atoms with Gasteiger partial charge in [0.2, 0.25) is 0 Å². The van der Waals surface area contributed by atoms with Crippen molar-refractivity contribution in [3.8, 4) is 5.75 Å². The van der Waals surface area contributed by atoms with Crippen LogP contribution in [-0.4, -0.2) is 12.5 Å². The SMILES string of the molecule is CCc1cc(N)cc(C)c1NC(=O)COc1ccc(C)cc1. The molecule has 2 aromatic carbocycles. The van der Waals surface area contributed by atoms with Crippen LogP contribution in [0.5, 0.6) is 5.75 Å². The number of ether oxygens (including phenoxy) is 1. The van der Waals surface area contributed by atoms with Gasteiger partial charge in [0.25, 0.3) is 5.91 Å². The van der Waals surface area contributed by atoms with E-state index in [1.165, 1.54) is 0 Å². The lowest BCUT2D eigenvalue weighted by Crippen LogP contribution is -2.21. The molecule has 116 valence electrons. The Labute approximate surface area is 131 Å². The van der Waals surface area contributed by atoms with E-state index < -0.39 is 0 Å². The minimum absolute atomic E-state index is 0.0178. The standard InChI is InChI=1S/C18H22N2O2/c1-4-14-10-15(19)9-13(3)18(14)20-17(21)11-22-16-7-5-12(2)6-8-16/h5-10H,4,11,19H2,1-3H3,(H,20,21). The van der Waals surface area contributed by atoms with Crippen molar-refractivity contribution >= 4 is 17.3 Å². The van der Waals surface area contributed by atoms with Crippen molar-refractivity contribution < 1.29 is 9.53 Å². The summed E-state index contributed by atoms with van der Waals surface area (Å²) in [6, 6.07) is 11.4. The van der Waals surface area contributed by atoms with Gasteiger partial charge in [-0.05, 0) is 55.7 Å². The van der Waals surface area contributed by atoms with E-state index in [1.807, 2.05) is 57.2 Å². The fraction of sp³-hybridized carbons (Fsp3) is 0.278. The van der Waals surface area contributed by atoms with Gasteiger partial charge in [0.1, 0.15) is 5.75 Å². The Morgan fingerprint density at radius 2 is 1.86 bits per heavy atom. The fourth-order valence-electron chi connectivity index (χ4n) is 2.31. The second-order valence-electron chi connectivity index (χ2n) is 5.38. The van der Waals surface area contributed by atoms with Crippen molar-refractivity contribution in [1.29, 1.82) is 0 Å². The Morgan fingerprint density at radius 3 is 2.50 bits per heavy atom. The highest BCUT2D eigenvalue weighted by molar-refractivity contribution is 5.93. The van der Waals surface area contributed by atoms with E-state index in [4.69, 9.17) is 10.5 Å². The highest BCUT2D eigenvalue weighted by atomic mass is 16.5. The molecule has 0 saturated heterocycles. The Balaban J connectivity index is 2.01. The first-order chi connectivity index (χ1) is 10.5. The lowest BCUT2D eigenvalue weighted by Gasteiger charge is -2.14. The number of nitrogens with one attached hydrogen (secondary N) is 1. The molecule has 0 aromatic heterocycles. The highest BCUT2D eigenvalue weighted by Crippen LogP contribution is 2.24. The number of aryl methyl sites for hydroxylation is 3. The van der Waals surface area contributed by atoms with E-state index >= 15 is 0 Å². The molecule has 0 radical (unpaired) electrons. The van der Waals surface area contributed by atoms with Gasteiger partial charge >= 0.3 is 0 Å². The molecule has 0 atom stereocenters. The van der Waals surface area contributed by atoms with Crippen LogP contribution in [0.1, 0.15) is 23.6 Å². The van der Waals surface area contributed by atoms with E-state index in [0.29, 0.717) is 11.4 Å². The molecular weight excluding hydrogens is 276 g/mol. The predicted molar refractivity (Wildman–Crippen MR) is 90.3 cm³/mol. The lowest BCUT2D eigenvalue weighted by atomic mass is 10.0. The number of anilines is 2. The molecule has 0 heterocycles. The Bertz CT molecular complexity index is 664. The van der Waals surface area contributed by atoms with Crippen molar-refractivity contribution in [3.05, 3.63) is 53.1 Å². The van der Waals surface area contributed by atoms with Gasteiger partial charge in [-0.15, -0.1) is 0 Å². The minimum atomic E-state index is -0.178. The van der Waals surface area contributed by atoms with Gasteiger partial charge in [-0.2, -0.15) is 0 Å². The third-order valence-electron chi connectivity index (χ3n) is 3.48. The minimum Gasteiger partial charge on any atom is -0.484 e. The summed E-state index contributed by atoms with van der Waals surface area (Å²) < 4.78 is 5.50. The number of carbonyl (C=O) groups is 1. The van der Waals surface area contributed by atoms with Crippen LogP contribution in [0.3, 0.4) is 0 Å². The average Bonchev–Trinajstić information content (AvgIpc) is 2.49. The Morgan fingerprint density at radius 1 is 1.18 bits per heavy atom. The maximum atomic E-state index is 12.1. The molecule has 4 heteroatoms. The van der Waals surface area contributed by atoms with Crippen molar-refractivity contribution in [1.82, 2.24) is 0 Å². The third-order valence-corrected chi connectivity index (χ3v) is 3.48. The topological polar surface area (TPSA) is 64.3 Å². The van der Waals surface area contributed by atoms with Gasteiger partial charge in [0.05, 0.1) is 0 Å². The molecule has 0 saturated carbocycles. The molecule has 2 rings (SSSR count). The summed E-state index contributed by atoms with van der Waals surface area (Å²) in [7, 11) is 0. The van der Waals surface area contributed by atoms with Gasteiger partial charge in [0.15, 0.2) is 6.61 Å². The fourth-order valence-corrected chi connectivity index (χ4v) is 2.31. The first kappa shape index (κ1) is 15.9. The van der Waals surface area contributed by atoms with Crippen molar-refractivity contribution in [2.45, 2.75) is 27.2 Å². The van der Waals surface area contributed by atoms with Crippen LogP contribution in [0.4, 0.5) is 11.4 Å². The van der Waals surface area contributed by atoms with Crippen molar-refractivity contribution in [2.75, 3.05) is 17.7 Å². The number of nitrogens with two attached hydrogens (primary N) is 1. The third kappa shape index (κ3) is 4.01. The first-order valence-corrected chi connectivity index (χ1v) is 7.38. The van der Waals surface area contributed by atoms with E-state index in [2.05, 4.69) is 5.32 Å². The molecule has 0 spiro atoms. The second kappa shape index (κ2) is 6.98. The van der Waals surface area contributed by atoms with Crippen LogP contribution in [0.25, 0.3) is 0 Å². The number of amides is 1. The number of hydrogen-bond acceptors (Lipinski definition) is 3. The molecule has 2 aromatic rings. The molecular formula is C18H22N2O2. The zero-order chi connectivity index (χ0) is 16.1. The molecule has 0 aliphatic carbocycles. The maximum absolute atomic E-state index is 12.1. The number of carbonyl (C=O) groups excluding carboxylic acids is 1. The van der Waals surface area contributed by atoms with Crippen LogP contribution in [0.15, 0.2) is 36.4 Å². The van der Waals surface area contributed by atoms with Crippen molar-refractivity contribution in [3.63, 3.8) is 0 Å². The zero-order valence-electron chi connectivity index (χ0n) is 13.3. The quantitative estimate of drug-likeness (QED) is 0.831. The number of benzene rings is 2. The van der Waals surface area contributed by atoms with E-state index in [9.17, 15) is 4.79 Å². The van der Waals surface area contributed by atoms with Crippen LogP contribution >= 0.6 is 0 Å². The van der Waals surface area contributed by atoms with Gasteiger partial charge in [-0.1, -0.05) is 24.6 Å². The summed E-state index contributed by atoms with van der Waals surface area (Å²) in [5.41, 5.74) is 10.5. The number of hydrogen-bond donors (Lipinski definition) is 2. The summed E-state index contributed by atoms with van der Waals surface area (Å²) in [4.78, 5) is 12.1. The van der Waals surface area contributed by atoms with Crippen LogP contribution < -0.4 is 15.8 Å². The monoisotopic (exact) mass is 298 g/mol. The van der Waals surface area contributed by atoms with Gasteiger partial charge in [0, 0.05) is 11.4 Å². The molecule has 22 heavy (non-hydrogen) atoms. The van der Waals surface area contributed by atoms with E-state index in [1.54, 1.807) is 0 Å². The first-order valence-electron chi connectivity index (χ1n) is 7.38. The summed E-state index contributed by atoms with van der Waals surface area (Å²) in [5.74, 6) is 0.508. The molecule has 4 nitrogen and oxygen atoms in total. The highest BCUT2D eigenvalue weighted by Gasteiger charge is 2.10. The Kier molecular flexibility index (Phi) is 5.04. The van der Waals surface area contributed by atoms with Gasteiger partial charge in [-0.3, -0.25) is 4.79 Å². The molecule has 1 amide bonds. The molecule has 0 unspecified atom stereocenters.